The van der Waals surface area contributed by atoms with Crippen LogP contribution in [0, 0.1) is 0 Å². The number of hydrogen-bond donors (Lipinski definition) is 1. The van der Waals surface area contributed by atoms with Crippen LogP contribution in [0.3, 0.4) is 0 Å². The second-order valence-electron chi connectivity index (χ2n) is 6.57. The van der Waals surface area contributed by atoms with Crippen molar-refractivity contribution in [1.29, 1.82) is 0 Å². The molecule has 0 spiro atoms. The molecular weight excluding hydrogens is 421 g/mol. The molecule has 0 fully saturated rings. The Morgan fingerprint density at radius 3 is 2.39 bits per heavy atom. The normalized spacial score (nSPS) is 11.3. The summed E-state index contributed by atoms with van der Waals surface area (Å²) in [5.74, 6) is 1.99. The van der Waals surface area contributed by atoms with E-state index in [2.05, 4.69) is 15.3 Å². The maximum Gasteiger partial charge on any atom is 0.332 e. The smallest absolute Gasteiger partial charge is 0.332 e. The van der Waals surface area contributed by atoms with Crippen LogP contribution in [-0.2, 0) is 10.2 Å². The monoisotopic (exact) mass is 439 g/mol. The van der Waals surface area contributed by atoms with Gasteiger partial charge in [-0.3, -0.25) is 0 Å². The maximum atomic E-state index is 13.4. The van der Waals surface area contributed by atoms with Crippen LogP contribution in [0.15, 0.2) is 71.6 Å². The molecule has 0 radical (unpaired) electrons. The summed E-state index contributed by atoms with van der Waals surface area (Å²) in [5.41, 5.74) is 1.76. The van der Waals surface area contributed by atoms with Gasteiger partial charge in [0.15, 0.2) is 17.3 Å². The maximum absolute atomic E-state index is 13.4. The van der Waals surface area contributed by atoms with E-state index in [9.17, 15) is 12.3 Å². The Kier molecular flexibility index (Phi) is 5.43. The van der Waals surface area contributed by atoms with Crippen LogP contribution in [0.5, 0.6) is 11.5 Å². The van der Waals surface area contributed by atoms with E-state index in [4.69, 9.17) is 9.47 Å². The van der Waals surface area contributed by atoms with Crippen molar-refractivity contribution in [2.24, 2.45) is 0 Å². The van der Waals surface area contributed by atoms with E-state index < -0.39 is 15.1 Å². The van der Waals surface area contributed by atoms with Crippen LogP contribution in [-0.4, -0.2) is 32.6 Å². The Balaban J connectivity index is 1.83. The van der Waals surface area contributed by atoms with Crippen molar-refractivity contribution in [1.82, 2.24) is 9.97 Å². The van der Waals surface area contributed by atoms with Crippen molar-refractivity contribution in [2.75, 3.05) is 19.5 Å². The molecule has 0 unspecified atom stereocenters. The van der Waals surface area contributed by atoms with Crippen molar-refractivity contribution in [3.8, 4) is 22.9 Å². The van der Waals surface area contributed by atoms with Crippen LogP contribution >= 0.6 is 0 Å². The molecule has 0 aliphatic heterocycles. The molecule has 4 rings (SSSR count). The lowest BCUT2D eigenvalue weighted by atomic mass is 10.1. The number of benzene rings is 3. The van der Waals surface area contributed by atoms with E-state index in [-0.39, 0.29) is 0 Å². The van der Waals surface area contributed by atoms with Crippen LogP contribution < -0.4 is 14.8 Å². The van der Waals surface area contributed by atoms with Gasteiger partial charge in [-0.25, -0.2) is 9.97 Å². The molecular formula is C22H18FN3O4S. The quantitative estimate of drug-likeness (QED) is 0.435. The SMILES string of the molecule is COc1ccc(-c2nc(Nc3cccc(S(=O)(=O)F)c3)c3ccccc3n2)cc1OC. The van der Waals surface area contributed by atoms with Crippen LogP contribution in [0.2, 0.25) is 0 Å². The summed E-state index contributed by atoms with van der Waals surface area (Å²) in [6.45, 7) is 0. The second-order valence-corrected chi connectivity index (χ2v) is 7.92. The minimum atomic E-state index is -4.82. The van der Waals surface area contributed by atoms with E-state index >= 15 is 0 Å². The Morgan fingerprint density at radius 1 is 0.871 bits per heavy atom. The molecule has 0 amide bonds. The minimum Gasteiger partial charge on any atom is -0.493 e. The summed E-state index contributed by atoms with van der Waals surface area (Å²) in [6.07, 6.45) is 0. The number of ether oxygens (including phenoxy) is 2. The third kappa shape index (κ3) is 4.26. The first kappa shape index (κ1) is 20.5. The summed E-state index contributed by atoms with van der Waals surface area (Å²) in [5, 5.41) is 3.80. The average molecular weight is 439 g/mol. The molecule has 0 aliphatic carbocycles. The molecule has 31 heavy (non-hydrogen) atoms. The van der Waals surface area contributed by atoms with Crippen molar-refractivity contribution in [2.45, 2.75) is 4.90 Å². The van der Waals surface area contributed by atoms with Gasteiger partial charge in [0.25, 0.3) is 0 Å². The predicted octanol–water partition coefficient (Wildman–Crippen LogP) is 4.72. The molecule has 0 atom stereocenters. The number of nitrogens with one attached hydrogen (secondary N) is 1. The fraction of sp³-hybridized carbons (Fsp3) is 0.0909. The summed E-state index contributed by atoms with van der Waals surface area (Å²) in [7, 11) is -1.73. The number of rotatable bonds is 6. The van der Waals surface area contributed by atoms with Gasteiger partial charge in [0.05, 0.1) is 19.7 Å². The van der Waals surface area contributed by atoms with Gasteiger partial charge in [0.1, 0.15) is 10.7 Å². The zero-order valence-electron chi connectivity index (χ0n) is 16.7. The molecule has 1 heterocycles. The zero-order valence-corrected chi connectivity index (χ0v) is 17.5. The summed E-state index contributed by atoms with van der Waals surface area (Å²) >= 11 is 0. The molecule has 158 valence electrons. The Morgan fingerprint density at radius 2 is 1.65 bits per heavy atom. The summed E-state index contributed by atoms with van der Waals surface area (Å²) < 4.78 is 46.6. The topological polar surface area (TPSA) is 90.4 Å². The van der Waals surface area contributed by atoms with E-state index in [1.54, 1.807) is 32.4 Å². The number of halogens is 1. The first-order valence-corrected chi connectivity index (χ1v) is 10.6. The largest absolute Gasteiger partial charge is 0.493 e. The van der Waals surface area contributed by atoms with Gasteiger partial charge in [-0.1, -0.05) is 18.2 Å². The molecule has 0 saturated carbocycles. The average Bonchev–Trinajstić information content (AvgIpc) is 2.78. The third-order valence-electron chi connectivity index (χ3n) is 4.62. The molecule has 4 aromatic rings. The lowest BCUT2D eigenvalue weighted by molar-refractivity contribution is 0.355. The van der Waals surface area contributed by atoms with E-state index in [0.717, 1.165) is 5.39 Å². The van der Waals surface area contributed by atoms with Gasteiger partial charge in [-0.15, -0.1) is 3.89 Å². The molecule has 3 aromatic carbocycles. The van der Waals surface area contributed by atoms with E-state index in [1.165, 1.54) is 18.2 Å². The van der Waals surface area contributed by atoms with Gasteiger partial charge in [-0.05, 0) is 48.5 Å². The number of anilines is 2. The van der Waals surface area contributed by atoms with Crippen molar-refractivity contribution >= 4 is 32.6 Å². The molecule has 0 bridgehead atoms. The fourth-order valence-electron chi connectivity index (χ4n) is 3.14. The lowest BCUT2D eigenvalue weighted by Gasteiger charge is -2.13. The van der Waals surface area contributed by atoms with Crippen LogP contribution in [0.1, 0.15) is 0 Å². The number of hydrogen-bond acceptors (Lipinski definition) is 7. The Labute approximate surface area is 178 Å². The number of nitrogens with zero attached hydrogens (tertiary/aromatic N) is 2. The van der Waals surface area contributed by atoms with Gasteiger partial charge < -0.3 is 14.8 Å². The Bertz CT molecular complexity index is 1380. The lowest BCUT2D eigenvalue weighted by Crippen LogP contribution is -2.01. The number of para-hydroxylation sites is 1. The third-order valence-corrected chi connectivity index (χ3v) is 5.44. The highest BCUT2D eigenvalue weighted by atomic mass is 32.3. The molecule has 0 aliphatic rings. The van der Waals surface area contributed by atoms with E-state index in [0.29, 0.717) is 39.9 Å². The van der Waals surface area contributed by atoms with Crippen molar-refractivity contribution in [3.63, 3.8) is 0 Å². The fourth-order valence-corrected chi connectivity index (χ4v) is 3.65. The number of fused-ring (bicyclic) bond motifs is 1. The van der Waals surface area contributed by atoms with Gasteiger partial charge in [-0.2, -0.15) is 8.42 Å². The summed E-state index contributed by atoms with van der Waals surface area (Å²) in [6, 6.07) is 18.2. The Hall–Kier alpha value is -3.72. The van der Waals surface area contributed by atoms with Gasteiger partial charge in [0.2, 0.25) is 0 Å². The minimum absolute atomic E-state index is 0.376. The van der Waals surface area contributed by atoms with Gasteiger partial charge in [0, 0.05) is 16.6 Å². The zero-order chi connectivity index (χ0) is 22.0. The van der Waals surface area contributed by atoms with Gasteiger partial charge >= 0.3 is 10.2 Å². The molecule has 0 saturated heterocycles. The highest BCUT2D eigenvalue weighted by Crippen LogP contribution is 2.33. The highest BCUT2D eigenvalue weighted by Gasteiger charge is 2.15. The predicted molar refractivity (Wildman–Crippen MR) is 116 cm³/mol. The van der Waals surface area contributed by atoms with Crippen molar-refractivity contribution in [3.05, 3.63) is 66.7 Å². The number of aromatic nitrogens is 2. The highest BCUT2D eigenvalue weighted by molar-refractivity contribution is 7.86. The number of methoxy groups -OCH3 is 2. The first-order valence-electron chi connectivity index (χ1n) is 9.20. The van der Waals surface area contributed by atoms with Crippen LogP contribution in [0.25, 0.3) is 22.3 Å². The molecule has 7 nitrogen and oxygen atoms in total. The molecule has 1 aromatic heterocycles. The molecule has 1 N–H and O–H groups in total. The summed E-state index contributed by atoms with van der Waals surface area (Å²) in [4.78, 5) is 8.83. The van der Waals surface area contributed by atoms with Crippen molar-refractivity contribution < 1.29 is 21.8 Å². The second kappa shape index (κ2) is 8.19. The molecule has 9 heteroatoms. The van der Waals surface area contributed by atoms with Crippen LogP contribution in [0.4, 0.5) is 15.4 Å². The standard InChI is InChI=1S/C22H18FN3O4S/c1-29-19-11-10-14(12-20(19)30-2)21-25-18-9-4-3-8-17(18)22(26-21)24-15-6-5-7-16(13-15)31(23,27)28/h3-13H,1-2H3,(H,24,25,26). The van der Waals surface area contributed by atoms with E-state index in [1.807, 2.05) is 30.3 Å². The first-order chi connectivity index (χ1) is 14.9.